The van der Waals surface area contributed by atoms with E-state index in [1.807, 2.05) is 67.2 Å². The van der Waals surface area contributed by atoms with Gasteiger partial charge in [0.2, 0.25) is 0 Å². The summed E-state index contributed by atoms with van der Waals surface area (Å²) in [6, 6.07) is 13.7. The van der Waals surface area contributed by atoms with Crippen molar-refractivity contribution in [1.29, 1.82) is 0 Å². The summed E-state index contributed by atoms with van der Waals surface area (Å²) >= 11 is 0. The third kappa shape index (κ3) is 4.46. The average Bonchev–Trinajstić information content (AvgIpc) is 3.15. The monoisotopic (exact) mass is 391 g/mol. The van der Waals surface area contributed by atoms with Crippen LogP contribution in [-0.4, -0.2) is 33.2 Å². The second-order valence-corrected chi connectivity index (χ2v) is 7.27. The molecule has 1 aromatic carbocycles. The van der Waals surface area contributed by atoms with Crippen molar-refractivity contribution in [2.75, 3.05) is 11.9 Å². The number of hydrogen-bond acceptors (Lipinski definition) is 4. The first-order valence-corrected chi connectivity index (χ1v) is 9.79. The van der Waals surface area contributed by atoms with Crippen molar-refractivity contribution in [1.82, 2.24) is 19.9 Å². The van der Waals surface area contributed by atoms with Gasteiger partial charge in [0.1, 0.15) is 17.7 Å². The molecule has 3 heterocycles. The number of pyridine rings is 1. The number of imidazole rings is 1. The fourth-order valence-corrected chi connectivity index (χ4v) is 3.69. The van der Waals surface area contributed by atoms with Gasteiger partial charge >= 0.3 is 6.03 Å². The van der Waals surface area contributed by atoms with Gasteiger partial charge in [-0.3, -0.25) is 5.32 Å². The molecule has 1 aliphatic rings. The van der Waals surface area contributed by atoms with Crippen molar-refractivity contribution in [3.05, 3.63) is 66.4 Å². The summed E-state index contributed by atoms with van der Waals surface area (Å²) in [4.78, 5) is 21.4. The zero-order valence-corrected chi connectivity index (χ0v) is 16.6. The third-order valence-corrected chi connectivity index (χ3v) is 5.18. The highest BCUT2D eigenvalue weighted by Crippen LogP contribution is 2.27. The van der Waals surface area contributed by atoms with Crippen LogP contribution in [0.3, 0.4) is 0 Å². The molecule has 4 rings (SSSR count). The number of nitrogens with zero attached hydrogens (tertiary/aromatic N) is 3. The number of hydrogen-bond donors (Lipinski definition) is 2. The lowest BCUT2D eigenvalue weighted by molar-refractivity contribution is -0.00410. The Kier molecular flexibility index (Phi) is 5.57. The fourth-order valence-electron chi connectivity index (χ4n) is 3.69. The first kappa shape index (κ1) is 19.1. The predicted molar refractivity (Wildman–Crippen MR) is 111 cm³/mol. The molecule has 1 fully saturated rings. The highest BCUT2D eigenvalue weighted by Gasteiger charge is 2.27. The Balaban J connectivity index is 1.37. The largest absolute Gasteiger partial charge is 0.370 e. The molecule has 3 aromatic rings. The number of aromatic nitrogens is 3. The Morgan fingerprint density at radius 2 is 2.03 bits per heavy atom. The van der Waals surface area contributed by atoms with E-state index in [1.54, 1.807) is 6.20 Å². The highest BCUT2D eigenvalue weighted by molar-refractivity contribution is 5.88. The molecular formula is C22H25N5O2. The Bertz CT molecular complexity index is 986. The fraction of sp³-hybridized carbons (Fsp3) is 0.318. The molecule has 2 aromatic heterocycles. The Labute approximate surface area is 170 Å². The summed E-state index contributed by atoms with van der Waals surface area (Å²) in [6.45, 7) is 2.53. The second kappa shape index (κ2) is 8.45. The van der Waals surface area contributed by atoms with E-state index in [2.05, 4.69) is 20.6 Å². The van der Waals surface area contributed by atoms with E-state index in [-0.39, 0.29) is 18.2 Å². The minimum Gasteiger partial charge on any atom is -0.370 e. The van der Waals surface area contributed by atoms with Gasteiger partial charge in [0.25, 0.3) is 0 Å². The van der Waals surface area contributed by atoms with Crippen LogP contribution in [0.1, 0.15) is 30.5 Å². The number of ether oxygens (including phenoxy) is 1. The smallest absolute Gasteiger partial charge is 0.320 e. The number of amides is 2. The van der Waals surface area contributed by atoms with Gasteiger partial charge in [-0.15, -0.1) is 0 Å². The van der Waals surface area contributed by atoms with Crippen molar-refractivity contribution < 1.29 is 9.53 Å². The van der Waals surface area contributed by atoms with E-state index in [9.17, 15) is 4.79 Å². The van der Waals surface area contributed by atoms with Crippen LogP contribution in [0.5, 0.6) is 0 Å². The summed E-state index contributed by atoms with van der Waals surface area (Å²) in [7, 11) is 1.95. The molecule has 2 N–H and O–H groups in total. The van der Waals surface area contributed by atoms with Crippen LogP contribution in [0.4, 0.5) is 10.6 Å². The number of anilines is 1. The molecule has 29 heavy (non-hydrogen) atoms. The van der Waals surface area contributed by atoms with Crippen LogP contribution in [0.25, 0.3) is 11.1 Å². The quantitative estimate of drug-likeness (QED) is 0.708. The van der Waals surface area contributed by atoms with Gasteiger partial charge in [0, 0.05) is 49.8 Å². The van der Waals surface area contributed by atoms with E-state index in [0.29, 0.717) is 18.8 Å². The molecule has 150 valence electrons. The van der Waals surface area contributed by atoms with Crippen molar-refractivity contribution in [2.24, 2.45) is 7.05 Å². The standard InChI is InChI=1S/C22H25N5O2/c1-15-18(16-6-4-3-5-7-16)8-9-20(24-15)26-22(28)25-17-10-13-29-19(14-17)21-23-11-12-27(21)2/h3-9,11-12,17,19H,10,13-14H2,1-2H3,(H2,24,25,26,28). The van der Waals surface area contributed by atoms with Gasteiger partial charge in [0.05, 0.1) is 0 Å². The summed E-state index contributed by atoms with van der Waals surface area (Å²) in [5.41, 5.74) is 3.03. The van der Waals surface area contributed by atoms with Crippen molar-refractivity contribution >= 4 is 11.8 Å². The van der Waals surface area contributed by atoms with Crippen LogP contribution in [-0.2, 0) is 11.8 Å². The predicted octanol–water partition coefficient (Wildman–Crippen LogP) is 3.83. The van der Waals surface area contributed by atoms with Gasteiger partial charge < -0.3 is 14.6 Å². The first-order chi connectivity index (χ1) is 14.1. The molecule has 2 unspecified atom stereocenters. The topological polar surface area (TPSA) is 81.1 Å². The average molecular weight is 391 g/mol. The van der Waals surface area contributed by atoms with Gasteiger partial charge in [-0.25, -0.2) is 14.8 Å². The normalized spacial score (nSPS) is 19.0. The number of nitrogens with one attached hydrogen (secondary N) is 2. The zero-order valence-electron chi connectivity index (χ0n) is 16.6. The molecule has 0 bridgehead atoms. The minimum absolute atomic E-state index is 0.0233. The number of carbonyl (C=O) groups is 1. The highest BCUT2D eigenvalue weighted by atomic mass is 16.5. The molecule has 7 nitrogen and oxygen atoms in total. The van der Waals surface area contributed by atoms with Gasteiger partial charge in [-0.1, -0.05) is 30.3 Å². The van der Waals surface area contributed by atoms with Crippen molar-refractivity contribution in [2.45, 2.75) is 31.9 Å². The maximum absolute atomic E-state index is 12.5. The molecule has 2 amide bonds. The van der Waals surface area contributed by atoms with Gasteiger partial charge in [-0.2, -0.15) is 0 Å². The molecule has 0 spiro atoms. The summed E-state index contributed by atoms with van der Waals surface area (Å²) in [5.74, 6) is 1.41. The minimum atomic E-state index is -0.255. The van der Waals surface area contributed by atoms with E-state index in [4.69, 9.17) is 4.74 Å². The first-order valence-electron chi connectivity index (χ1n) is 9.79. The third-order valence-electron chi connectivity index (χ3n) is 5.18. The molecule has 0 radical (unpaired) electrons. The van der Waals surface area contributed by atoms with Gasteiger partial charge in [0.15, 0.2) is 0 Å². The maximum atomic E-state index is 12.5. The van der Waals surface area contributed by atoms with Crippen LogP contribution in [0.15, 0.2) is 54.9 Å². The molecule has 0 saturated carbocycles. The molecule has 0 aliphatic carbocycles. The number of aryl methyl sites for hydroxylation is 2. The Hall–Kier alpha value is -3.19. The Morgan fingerprint density at radius 3 is 2.76 bits per heavy atom. The lowest BCUT2D eigenvalue weighted by atomic mass is 10.0. The van der Waals surface area contributed by atoms with Crippen LogP contribution >= 0.6 is 0 Å². The van der Waals surface area contributed by atoms with Crippen LogP contribution in [0.2, 0.25) is 0 Å². The van der Waals surface area contributed by atoms with E-state index < -0.39 is 0 Å². The summed E-state index contributed by atoms with van der Waals surface area (Å²) in [6.07, 6.45) is 5.01. The number of benzene rings is 1. The molecular weight excluding hydrogens is 366 g/mol. The number of urea groups is 1. The molecule has 1 saturated heterocycles. The summed E-state index contributed by atoms with van der Waals surface area (Å²) < 4.78 is 7.79. The lowest BCUT2D eigenvalue weighted by Gasteiger charge is -2.29. The van der Waals surface area contributed by atoms with Crippen LogP contribution < -0.4 is 10.6 Å². The molecule has 2 atom stereocenters. The number of carbonyl (C=O) groups excluding carboxylic acids is 1. The maximum Gasteiger partial charge on any atom is 0.320 e. The van der Waals surface area contributed by atoms with Crippen molar-refractivity contribution in [3.8, 4) is 11.1 Å². The Morgan fingerprint density at radius 1 is 1.21 bits per heavy atom. The van der Waals surface area contributed by atoms with Crippen molar-refractivity contribution in [3.63, 3.8) is 0 Å². The van der Waals surface area contributed by atoms with Gasteiger partial charge in [-0.05, 0) is 31.0 Å². The van der Waals surface area contributed by atoms with E-state index in [0.717, 1.165) is 29.1 Å². The second-order valence-electron chi connectivity index (χ2n) is 7.27. The lowest BCUT2D eigenvalue weighted by Crippen LogP contribution is -2.42. The number of rotatable bonds is 4. The molecule has 1 aliphatic heterocycles. The van der Waals surface area contributed by atoms with E-state index >= 15 is 0 Å². The zero-order chi connectivity index (χ0) is 20.2. The van der Waals surface area contributed by atoms with Crippen LogP contribution in [0, 0.1) is 6.92 Å². The molecule has 7 heteroatoms. The summed E-state index contributed by atoms with van der Waals surface area (Å²) in [5, 5.41) is 5.88. The van der Waals surface area contributed by atoms with E-state index in [1.165, 1.54) is 0 Å². The SMILES string of the molecule is Cc1nc(NC(=O)NC2CCOC(c3nccn3C)C2)ccc1-c1ccccc1.